The molecule has 0 aromatic heterocycles. The standard InChI is InChI=1S/2C19H22F2NO2S.2C5H5.Ti/c2*1-3-4-5-6-7-15-12-14(2)8-11-19(15)25(23,24)22-18-10-9-16(20)13-17(18)21;2*1-2-4-5-3-1;/h2*8-12,22H,3-7H2,1-2H3;2*1-3H,4H2;/q4*-1;+4. The average molecular weight is 911 g/mol. The summed E-state index contributed by atoms with van der Waals surface area (Å²) < 4.78 is 108. The Kier molecular flexibility index (Phi) is 24.0. The fraction of sp³-hybridized carbons (Fsp3) is 0.333. The van der Waals surface area contributed by atoms with Crippen LogP contribution in [0.5, 0.6) is 0 Å². The number of benzene rings is 4. The fourth-order valence-electron chi connectivity index (χ4n) is 5.94. The van der Waals surface area contributed by atoms with E-state index >= 15 is 0 Å². The van der Waals surface area contributed by atoms with Crippen LogP contribution in [0.4, 0.5) is 28.9 Å². The van der Waals surface area contributed by atoms with Gasteiger partial charge in [-0.1, -0.05) is 87.8 Å². The Hall–Kier alpha value is -4.23. The van der Waals surface area contributed by atoms with Crippen molar-refractivity contribution >= 4 is 31.4 Å². The molecule has 324 valence electrons. The maximum atomic E-state index is 13.7. The largest absolute Gasteiger partial charge is 4.00 e. The Balaban J connectivity index is 0.000000335. The number of hydrogen-bond donors (Lipinski definition) is 2. The molecular weight excluding hydrogens is 857 g/mol. The Morgan fingerprint density at radius 2 is 0.951 bits per heavy atom. The zero-order valence-electron chi connectivity index (χ0n) is 35.2. The van der Waals surface area contributed by atoms with Gasteiger partial charge in [0, 0.05) is 23.3 Å². The summed E-state index contributed by atoms with van der Waals surface area (Å²) in [5.74, 6) is -3.90. The first kappa shape index (κ1) is 52.9. The van der Waals surface area contributed by atoms with Gasteiger partial charge in [0.05, 0.1) is 9.79 Å². The summed E-state index contributed by atoms with van der Waals surface area (Å²) in [4.78, 5) is 0.247. The molecule has 0 bridgehead atoms. The SMILES string of the molecule is CCCCCCc1cc(C)ccc1S(=O)(=O)Nc1ccc(F)[c-]c1F.CCCCCCc1cc(C)ccc1S(=O)(=O)Nc1ccc(F)[c-]c1F.[C-]1=CC=CC1.[C-]1=CC=CC1.[Ti+4]. The van der Waals surface area contributed by atoms with E-state index in [1.54, 1.807) is 12.1 Å². The van der Waals surface area contributed by atoms with Crippen LogP contribution < -0.4 is 9.44 Å². The normalized spacial score (nSPS) is 12.3. The van der Waals surface area contributed by atoms with Crippen LogP contribution in [-0.2, 0) is 54.6 Å². The number of aryl methyl sites for hydroxylation is 4. The molecule has 0 radical (unpaired) electrons. The summed E-state index contributed by atoms with van der Waals surface area (Å²) in [5, 5.41) is 0. The van der Waals surface area contributed by atoms with Crippen LogP contribution in [0.1, 0.15) is 100 Å². The van der Waals surface area contributed by atoms with Crippen molar-refractivity contribution in [1.82, 2.24) is 0 Å². The first-order valence-corrected chi connectivity index (χ1v) is 23.1. The van der Waals surface area contributed by atoms with E-state index in [4.69, 9.17) is 0 Å². The van der Waals surface area contributed by atoms with Gasteiger partial charge in [0.25, 0.3) is 20.0 Å². The predicted molar refractivity (Wildman–Crippen MR) is 233 cm³/mol. The zero-order chi connectivity index (χ0) is 44.0. The summed E-state index contributed by atoms with van der Waals surface area (Å²) in [7, 11) is -7.94. The Morgan fingerprint density at radius 1 is 0.557 bits per heavy atom. The van der Waals surface area contributed by atoms with E-state index in [2.05, 4.69) is 47.6 Å². The first-order chi connectivity index (χ1) is 28.7. The molecule has 0 saturated carbocycles. The van der Waals surface area contributed by atoms with E-state index in [0.717, 1.165) is 99.6 Å². The number of halogens is 4. The molecule has 6 nitrogen and oxygen atoms in total. The topological polar surface area (TPSA) is 92.3 Å². The van der Waals surface area contributed by atoms with E-state index in [-0.39, 0.29) is 42.9 Å². The Morgan fingerprint density at radius 3 is 1.25 bits per heavy atom. The number of anilines is 2. The Bertz CT molecular complexity index is 2150. The molecule has 0 aliphatic heterocycles. The second kappa shape index (κ2) is 27.7. The number of hydrogen-bond acceptors (Lipinski definition) is 4. The number of sulfonamides is 2. The first-order valence-electron chi connectivity index (χ1n) is 20.1. The van der Waals surface area contributed by atoms with Crippen LogP contribution in [0.15, 0.2) is 107 Å². The minimum atomic E-state index is -3.97. The molecule has 0 saturated heterocycles. The molecule has 2 aliphatic carbocycles. The number of allylic oxidation sites excluding steroid dienone is 8. The quantitative estimate of drug-likeness (QED) is 0.0507. The average Bonchev–Trinajstić information content (AvgIpc) is 3.99. The second-order valence-corrected chi connectivity index (χ2v) is 17.4. The number of unbranched alkanes of at least 4 members (excludes halogenated alkanes) is 6. The van der Waals surface area contributed by atoms with E-state index in [0.29, 0.717) is 24.0 Å². The maximum Gasteiger partial charge on any atom is 4.00 e. The molecule has 4 aromatic carbocycles. The van der Waals surface area contributed by atoms with Crippen molar-refractivity contribution in [2.45, 2.75) is 115 Å². The molecule has 0 fully saturated rings. The molecule has 2 N–H and O–H groups in total. The molecule has 13 heteroatoms. The third-order valence-electron chi connectivity index (χ3n) is 8.99. The zero-order valence-corrected chi connectivity index (χ0v) is 38.4. The number of nitrogens with one attached hydrogen (secondary N) is 2. The summed E-state index contributed by atoms with van der Waals surface area (Å²) in [6, 6.07) is 17.8. The van der Waals surface area contributed by atoms with Crippen LogP contribution in [0.25, 0.3) is 0 Å². The molecule has 0 atom stereocenters. The monoisotopic (exact) mass is 910 g/mol. The smallest absolute Gasteiger partial charge is 0.330 e. The van der Waals surface area contributed by atoms with Gasteiger partial charge in [-0.15, -0.1) is 49.2 Å². The van der Waals surface area contributed by atoms with Crippen molar-refractivity contribution in [2.75, 3.05) is 9.44 Å². The third kappa shape index (κ3) is 19.1. The van der Waals surface area contributed by atoms with Crippen molar-refractivity contribution in [3.63, 3.8) is 0 Å². The van der Waals surface area contributed by atoms with Gasteiger partial charge in [-0.2, -0.15) is 12.2 Å². The molecule has 0 amide bonds. The summed E-state index contributed by atoms with van der Waals surface area (Å²) in [6.45, 7) is 8.02. The molecule has 0 heterocycles. The van der Waals surface area contributed by atoms with Crippen molar-refractivity contribution in [3.05, 3.63) is 167 Å². The van der Waals surface area contributed by atoms with Crippen LogP contribution in [0, 0.1) is 61.4 Å². The molecule has 0 spiro atoms. The van der Waals surface area contributed by atoms with Gasteiger partial charge in [0.15, 0.2) is 0 Å². The Labute approximate surface area is 376 Å². The minimum Gasteiger partial charge on any atom is -0.330 e. The second-order valence-electron chi connectivity index (χ2n) is 14.1. The van der Waals surface area contributed by atoms with Gasteiger partial charge in [-0.3, -0.25) is 12.2 Å². The molecule has 2 aliphatic rings. The summed E-state index contributed by atoms with van der Waals surface area (Å²) in [5.41, 5.74) is 2.69. The fourth-order valence-corrected chi connectivity index (χ4v) is 8.56. The van der Waals surface area contributed by atoms with Gasteiger partial charge < -0.3 is 9.44 Å². The van der Waals surface area contributed by atoms with Crippen molar-refractivity contribution < 1.29 is 56.1 Å². The van der Waals surface area contributed by atoms with Gasteiger partial charge in [-0.05, 0) is 74.2 Å². The molecule has 61 heavy (non-hydrogen) atoms. The van der Waals surface area contributed by atoms with Crippen molar-refractivity contribution in [3.8, 4) is 0 Å². The van der Waals surface area contributed by atoms with Gasteiger partial charge >= 0.3 is 21.7 Å². The van der Waals surface area contributed by atoms with Crippen LogP contribution in [0.3, 0.4) is 0 Å². The number of rotatable bonds is 16. The maximum absolute atomic E-state index is 13.7. The van der Waals surface area contributed by atoms with E-state index in [1.807, 2.05) is 62.4 Å². The molecule has 0 unspecified atom stereocenters. The van der Waals surface area contributed by atoms with Gasteiger partial charge in [0.1, 0.15) is 0 Å². The van der Waals surface area contributed by atoms with E-state index in [9.17, 15) is 34.4 Å². The van der Waals surface area contributed by atoms with Crippen molar-refractivity contribution in [1.29, 1.82) is 0 Å². The van der Waals surface area contributed by atoms with E-state index < -0.39 is 43.3 Å². The predicted octanol–water partition coefficient (Wildman–Crippen LogP) is 12.6. The van der Waals surface area contributed by atoms with Crippen LogP contribution >= 0.6 is 0 Å². The molecule has 6 rings (SSSR count). The minimum absolute atomic E-state index is 0. The summed E-state index contributed by atoms with van der Waals surface area (Å²) >= 11 is 0. The van der Waals surface area contributed by atoms with E-state index in [1.165, 1.54) is 12.1 Å². The summed E-state index contributed by atoms with van der Waals surface area (Å²) in [6.07, 6.45) is 29.5. The van der Waals surface area contributed by atoms with Gasteiger partial charge in [-0.25, -0.2) is 58.7 Å². The van der Waals surface area contributed by atoms with Crippen LogP contribution in [0.2, 0.25) is 0 Å². The molecule has 4 aromatic rings. The van der Waals surface area contributed by atoms with Crippen molar-refractivity contribution in [2.24, 2.45) is 0 Å². The van der Waals surface area contributed by atoms with Gasteiger partial charge in [0.2, 0.25) is 0 Å². The third-order valence-corrected chi connectivity index (χ3v) is 11.9. The van der Waals surface area contributed by atoms with Crippen LogP contribution in [-0.4, -0.2) is 16.8 Å². The molecular formula is C48H54F4N2O4S2Ti.